The molecular formula is C13H16N2O3S. The van der Waals surface area contributed by atoms with E-state index in [0.717, 1.165) is 5.75 Å². The zero-order valence-corrected chi connectivity index (χ0v) is 11.2. The second kappa shape index (κ2) is 6.08. The molecule has 1 aliphatic rings. The average molecular weight is 280 g/mol. The maximum Gasteiger partial charge on any atom is 0.327 e. The summed E-state index contributed by atoms with van der Waals surface area (Å²) in [4.78, 5) is 24.9. The number of amides is 1. The van der Waals surface area contributed by atoms with Crippen LogP contribution in [0, 0.1) is 0 Å². The Kier molecular flexibility index (Phi) is 4.44. The Bertz CT molecular complexity index is 466. The molecule has 1 amide bonds. The summed E-state index contributed by atoms with van der Waals surface area (Å²) in [6.07, 6.45) is 0. The van der Waals surface area contributed by atoms with E-state index >= 15 is 0 Å². The third-order valence-electron chi connectivity index (χ3n) is 3.12. The van der Waals surface area contributed by atoms with E-state index in [9.17, 15) is 9.59 Å². The van der Waals surface area contributed by atoms with E-state index in [0.29, 0.717) is 17.9 Å². The Morgan fingerprint density at radius 2 is 2.05 bits per heavy atom. The van der Waals surface area contributed by atoms with Crippen LogP contribution in [0.25, 0.3) is 0 Å². The molecule has 19 heavy (non-hydrogen) atoms. The lowest BCUT2D eigenvalue weighted by Crippen LogP contribution is -2.52. The van der Waals surface area contributed by atoms with Gasteiger partial charge in [-0.15, -0.1) is 0 Å². The van der Waals surface area contributed by atoms with Crippen LogP contribution in [0.15, 0.2) is 30.3 Å². The number of hydrogen-bond donors (Lipinski definition) is 2. The molecule has 1 aromatic carbocycles. The van der Waals surface area contributed by atoms with Crippen LogP contribution in [0.5, 0.6) is 0 Å². The second-order valence-electron chi connectivity index (χ2n) is 4.35. The monoisotopic (exact) mass is 280 g/mol. The van der Waals surface area contributed by atoms with Gasteiger partial charge in [0.15, 0.2) is 0 Å². The van der Waals surface area contributed by atoms with E-state index in [-0.39, 0.29) is 5.91 Å². The number of carboxylic acid groups (broad SMARTS) is 1. The first-order valence-electron chi connectivity index (χ1n) is 6.03. The first-order valence-corrected chi connectivity index (χ1v) is 7.18. The van der Waals surface area contributed by atoms with Gasteiger partial charge in [-0.2, -0.15) is 11.8 Å². The number of rotatable bonds is 3. The van der Waals surface area contributed by atoms with Gasteiger partial charge in [0.25, 0.3) is 0 Å². The molecule has 0 spiro atoms. The fourth-order valence-corrected chi connectivity index (χ4v) is 3.09. The Hall–Kier alpha value is -1.53. The molecular weight excluding hydrogens is 264 g/mol. The Labute approximate surface area is 115 Å². The van der Waals surface area contributed by atoms with Crippen molar-refractivity contribution < 1.29 is 14.7 Å². The molecule has 2 rings (SSSR count). The molecule has 0 aromatic heterocycles. The minimum absolute atomic E-state index is 0.320. The van der Waals surface area contributed by atoms with Crippen LogP contribution >= 0.6 is 11.8 Å². The Morgan fingerprint density at radius 3 is 2.68 bits per heavy atom. The molecule has 0 radical (unpaired) electrons. The summed E-state index contributed by atoms with van der Waals surface area (Å²) >= 11 is 1.54. The second-order valence-corrected chi connectivity index (χ2v) is 5.50. The number of nitrogens with two attached hydrogens (primary N) is 1. The summed E-state index contributed by atoms with van der Waals surface area (Å²) in [5.41, 5.74) is 6.64. The zero-order valence-electron chi connectivity index (χ0n) is 10.4. The molecule has 6 heteroatoms. The minimum atomic E-state index is -0.971. The number of thioether (sulfide) groups is 1. The fourth-order valence-electron chi connectivity index (χ4n) is 2.05. The first-order chi connectivity index (χ1) is 9.11. The molecule has 0 aliphatic carbocycles. The highest BCUT2D eigenvalue weighted by Crippen LogP contribution is 2.21. The first kappa shape index (κ1) is 13.9. The van der Waals surface area contributed by atoms with E-state index in [1.54, 1.807) is 23.9 Å². The van der Waals surface area contributed by atoms with Gasteiger partial charge >= 0.3 is 5.97 Å². The third-order valence-corrected chi connectivity index (χ3v) is 4.14. The molecule has 3 N–H and O–H groups in total. The predicted molar refractivity (Wildman–Crippen MR) is 73.8 cm³/mol. The third kappa shape index (κ3) is 3.08. The molecule has 1 heterocycles. The van der Waals surface area contributed by atoms with Crippen molar-refractivity contribution in [1.29, 1.82) is 0 Å². The predicted octanol–water partition coefficient (Wildman–Crippen LogP) is 0.715. The van der Waals surface area contributed by atoms with Crippen LogP contribution < -0.4 is 5.73 Å². The summed E-state index contributed by atoms with van der Waals surface area (Å²) in [6, 6.07) is 7.44. The van der Waals surface area contributed by atoms with Crippen molar-refractivity contribution >= 4 is 23.6 Å². The maximum absolute atomic E-state index is 12.3. The molecule has 5 nitrogen and oxygen atoms in total. The van der Waals surface area contributed by atoms with Crippen molar-refractivity contribution in [2.24, 2.45) is 5.73 Å². The Balaban J connectivity index is 2.15. The summed E-state index contributed by atoms with van der Waals surface area (Å²) in [5.74, 6) is -0.126. The highest BCUT2D eigenvalue weighted by Gasteiger charge is 2.34. The lowest BCUT2D eigenvalue weighted by molar-refractivity contribution is -0.149. The summed E-state index contributed by atoms with van der Waals surface area (Å²) in [7, 11) is 0. The molecule has 0 bridgehead atoms. The van der Waals surface area contributed by atoms with Gasteiger partial charge in [-0.1, -0.05) is 30.3 Å². The van der Waals surface area contributed by atoms with Gasteiger partial charge in [0.2, 0.25) is 5.91 Å². The van der Waals surface area contributed by atoms with E-state index < -0.39 is 18.1 Å². The van der Waals surface area contributed by atoms with Crippen molar-refractivity contribution in [3.05, 3.63) is 35.9 Å². The van der Waals surface area contributed by atoms with Gasteiger partial charge < -0.3 is 15.7 Å². The topological polar surface area (TPSA) is 83.6 Å². The molecule has 0 saturated carbocycles. The lowest BCUT2D eigenvalue weighted by atomic mass is 10.1. The number of carboxylic acids is 1. The Morgan fingerprint density at radius 1 is 1.37 bits per heavy atom. The van der Waals surface area contributed by atoms with E-state index in [1.165, 1.54) is 4.90 Å². The molecule has 1 fully saturated rings. The van der Waals surface area contributed by atoms with E-state index in [2.05, 4.69) is 0 Å². The van der Waals surface area contributed by atoms with Crippen LogP contribution in [0.3, 0.4) is 0 Å². The molecule has 1 aromatic rings. The number of carbonyl (C=O) groups excluding carboxylic acids is 1. The maximum atomic E-state index is 12.3. The van der Waals surface area contributed by atoms with Crippen molar-refractivity contribution in [2.75, 3.05) is 18.1 Å². The summed E-state index contributed by atoms with van der Waals surface area (Å²) < 4.78 is 0. The van der Waals surface area contributed by atoms with Crippen molar-refractivity contribution in [2.45, 2.75) is 12.1 Å². The van der Waals surface area contributed by atoms with Crippen LogP contribution in [0.1, 0.15) is 11.6 Å². The molecule has 102 valence electrons. The van der Waals surface area contributed by atoms with Crippen LogP contribution in [-0.4, -0.2) is 46.0 Å². The van der Waals surface area contributed by atoms with Crippen molar-refractivity contribution in [1.82, 2.24) is 4.90 Å². The van der Waals surface area contributed by atoms with Gasteiger partial charge in [-0.3, -0.25) is 4.79 Å². The fraction of sp³-hybridized carbons (Fsp3) is 0.385. The quantitative estimate of drug-likeness (QED) is 0.852. The largest absolute Gasteiger partial charge is 0.480 e. The highest BCUT2D eigenvalue weighted by molar-refractivity contribution is 7.99. The van der Waals surface area contributed by atoms with E-state index in [1.807, 2.05) is 18.2 Å². The number of aliphatic carboxylic acids is 1. The normalized spacial score (nSPS) is 20.9. The minimum Gasteiger partial charge on any atom is -0.480 e. The molecule has 1 saturated heterocycles. The lowest BCUT2D eigenvalue weighted by Gasteiger charge is -2.34. The SMILES string of the molecule is N[C@@H](C(=O)N1CCSCC1C(=O)O)c1ccccc1. The van der Waals surface area contributed by atoms with Gasteiger partial charge in [-0.05, 0) is 5.56 Å². The van der Waals surface area contributed by atoms with Gasteiger partial charge in [0.05, 0.1) is 0 Å². The smallest absolute Gasteiger partial charge is 0.327 e. The van der Waals surface area contributed by atoms with Gasteiger partial charge in [0, 0.05) is 18.1 Å². The zero-order chi connectivity index (χ0) is 13.8. The average Bonchev–Trinajstić information content (AvgIpc) is 2.46. The number of carbonyl (C=O) groups is 2. The van der Waals surface area contributed by atoms with Crippen LogP contribution in [0.2, 0.25) is 0 Å². The summed E-state index contributed by atoms with van der Waals surface area (Å²) in [6.45, 7) is 0.432. The number of nitrogens with zero attached hydrogens (tertiary/aromatic N) is 1. The number of hydrogen-bond acceptors (Lipinski definition) is 4. The van der Waals surface area contributed by atoms with Gasteiger partial charge in [0.1, 0.15) is 12.1 Å². The number of benzene rings is 1. The van der Waals surface area contributed by atoms with Crippen LogP contribution in [0.4, 0.5) is 0 Å². The van der Waals surface area contributed by atoms with Crippen LogP contribution in [-0.2, 0) is 9.59 Å². The molecule has 2 atom stereocenters. The van der Waals surface area contributed by atoms with E-state index in [4.69, 9.17) is 10.8 Å². The molecule has 1 unspecified atom stereocenters. The van der Waals surface area contributed by atoms with Gasteiger partial charge in [-0.25, -0.2) is 4.79 Å². The highest BCUT2D eigenvalue weighted by atomic mass is 32.2. The standard InChI is InChI=1S/C13H16N2O3S/c14-11(9-4-2-1-3-5-9)12(16)15-6-7-19-8-10(15)13(17)18/h1-5,10-11H,6-8,14H2,(H,17,18)/t10?,11-/m1/s1. The molecule has 1 aliphatic heterocycles. The van der Waals surface area contributed by atoms with Crippen molar-refractivity contribution in [3.8, 4) is 0 Å². The van der Waals surface area contributed by atoms with Crippen molar-refractivity contribution in [3.63, 3.8) is 0 Å². The summed E-state index contributed by atoms with van der Waals surface area (Å²) in [5, 5.41) is 9.16.